The summed E-state index contributed by atoms with van der Waals surface area (Å²) in [6.45, 7) is 5.01. The standard InChI is InChI=1S/C17H33N3/c1-13(14-6-5-9-19(2)12-14)18-15-10-16-7-4-8-17(11-15)20(16)3/h13-18H,4-12H2,1-3H3. The van der Waals surface area contributed by atoms with E-state index in [0.717, 1.165) is 24.0 Å². The minimum Gasteiger partial charge on any atom is -0.311 e. The molecule has 0 spiro atoms. The molecule has 0 amide bonds. The van der Waals surface area contributed by atoms with Crippen molar-refractivity contribution in [3.8, 4) is 0 Å². The predicted molar refractivity (Wildman–Crippen MR) is 85.0 cm³/mol. The van der Waals surface area contributed by atoms with Gasteiger partial charge in [0.2, 0.25) is 0 Å². The number of nitrogens with zero attached hydrogens (tertiary/aromatic N) is 2. The topological polar surface area (TPSA) is 18.5 Å². The molecule has 116 valence electrons. The van der Waals surface area contributed by atoms with Gasteiger partial charge < -0.3 is 15.1 Å². The van der Waals surface area contributed by atoms with Gasteiger partial charge in [0, 0.05) is 30.7 Å². The molecule has 0 aromatic heterocycles. The van der Waals surface area contributed by atoms with Gasteiger partial charge >= 0.3 is 0 Å². The van der Waals surface area contributed by atoms with E-state index in [9.17, 15) is 0 Å². The highest BCUT2D eigenvalue weighted by Crippen LogP contribution is 2.33. The predicted octanol–water partition coefficient (Wildman–Crippen LogP) is 2.32. The van der Waals surface area contributed by atoms with Crippen LogP contribution in [0.4, 0.5) is 0 Å². The number of likely N-dealkylation sites (tertiary alicyclic amines) is 1. The third-order valence-corrected chi connectivity index (χ3v) is 6.21. The lowest BCUT2D eigenvalue weighted by Gasteiger charge is -2.48. The van der Waals surface area contributed by atoms with Gasteiger partial charge in [-0.1, -0.05) is 6.42 Å². The second kappa shape index (κ2) is 6.33. The van der Waals surface area contributed by atoms with Crippen LogP contribution >= 0.6 is 0 Å². The van der Waals surface area contributed by atoms with E-state index in [1.807, 2.05) is 0 Å². The van der Waals surface area contributed by atoms with Crippen molar-refractivity contribution in [3.63, 3.8) is 0 Å². The smallest absolute Gasteiger partial charge is 0.0110 e. The minimum atomic E-state index is 0.687. The molecule has 0 radical (unpaired) electrons. The van der Waals surface area contributed by atoms with Crippen LogP contribution in [0.15, 0.2) is 0 Å². The lowest BCUT2D eigenvalue weighted by molar-refractivity contribution is 0.0421. The van der Waals surface area contributed by atoms with E-state index in [0.29, 0.717) is 6.04 Å². The number of rotatable bonds is 3. The number of hydrogen-bond acceptors (Lipinski definition) is 3. The monoisotopic (exact) mass is 279 g/mol. The molecule has 1 N–H and O–H groups in total. The van der Waals surface area contributed by atoms with Crippen LogP contribution < -0.4 is 5.32 Å². The van der Waals surface area contributed by atoms with Crippen molar-refractivity contribution in [1.29, 1.82) is 0 Å². The average Bonchev–Trinajstić information content (AvgIpc) is 2.40. The number of hydrogen-bond donors (Lipinski definition) is 1. The van der Waals surface area contributed by atoms with Crippen molar-refractivity contribution in [2.24, 2.45) is 5.92 Å². The van der Waals surface area contributed by atoms with E-state index in [1.165, 1.54) is 58.0 Å². The fraction of sp³-hybridized carbons (Fsp3) is 1.00. The molecule has 0 saturated carbocycles. The molecule has 0 aromatic rings. The summed E-state index contributed by atoms with van der Waals surface area (Å²) in [6.07, 6.45) is 9.84. The molecule has 4 atom stereocenters. The summed E-state index contributed by atoms with van der Waals surface area (Å²) in [5.74, 6) is 0.855. The molecule has 3 heterocycles. The van der Waals surface area contributed by atoms with Crippen molar-refractivity contribution >= 4 is 0 Å². The zero-order valence-corrected chi connectivity index (χ0v) is 13.6. The molecule has 3 aliphatic rings. The third-order valence-electron chi connectivity index (χ3n) is 6.21. The van der Waals surface area contributed by atoms with Crippen LogP contribution in [-0.2, 0) is 0 Å². The summed E-state index contributed by atoms with van der Waals surface area (Å²) in [6, 6.07) is 3.15. The highest BCUT2D eigenvalue weighted by Gasteiger charge is 2.36. The Hall–Kier alpha value is -0.120. The van der Waals surface area contributed by atoms with Crippen molar-refractivity contribution in [2.75, 3.05) is 27.2 Å². The summed E-state index contributed by atoms with van der Waals surface area (Å²) in [4.78, 5) is 5.18. The Bertz CT molecular complexity index is 305. The Morgan fingerprint density at radius 2 is 1.70 bits per heavy atom. The van der Waals surface area contributed by atoms with Crippen LogP contribution in [0, 0.1) is 5.92 Å². The number of nitrogens with one attached hydrogen (secondary N) is 1. The van der Waals surface area contributed by atoms with Gasteiger partial charge in [0.1, 0.15) is 0 Å². The molecule has 3 heteroatoms. The van der Waals surface area contributed by atoms with E-state index in [4.69, 9.17) is 0 Å². The fourth-order valence-electron chi connectivity index (χ4n) is 4.87. The Kier molecular flexibility index (Phi) is 4.68. The highest BCUT2D eigenvalue weighted by atomic mass is 15.2. The molecule has 2 bridgehead atoms. The molecule has 3 fully saturated rings. The first-order valence-corrected chi connectivity index (χ1v) is 8.80. The summed E-state index contributed by atoms with van der Waals surface area (Å²) >= 11 is 0. The number of fused-ring (bicyclic) bond motifs is 2. The summed E-state index contributed by atoms with van der Waals surface area (Å²) < 4.78 is 0. The lowest BCUT2D eigenvalue weighted by Crippen LogP contribution is -2.57. The molecular weight excluding hydrogens is 246 g/mol. The zero-order valence-electron chi connectivity index (χ0n) is 13.6. The van der Waals surface area contributed by atoms with Crippen LogP contribution in [0.3, 0.4) is 0 Å². The van der Waals surface area contributed by atoms with E-state index >= 15 is 0 Å². The van der Waals surface area contributed by atoms with Crippen molar-refractivity contribution in [2.45, 2.75) is 76.0 Å². The molecule has 4 unspecified atom stereocenters. The Morgan fingerprint density at radius 3 is 2.35 bits per heavy atom. The lowest BCUT2D eigenvalue weighted by atomic mass is 9.81. The first-order valence-electron chi connectivity index (χ1n) is 8.80. The first-order chi connectivity index (χ1) is 9.63. The van der Waals surface area contributed by atoms with Crippen molar-refractivity contribution in [1.82, 2.24) is 15.1 Å². The molecule has 20 heavy (non-hydrogen) atoms. The van der Waals surface area contributed by atoms with Gasteiger partial charge in [-0.2, -0.15) is 0 Å². The molecule has 3 nitrogen and oxygen atoms in total. The summed E-state index contributed by atoms with van der Waals surface area (Å²) in [5.41, 5.74) is 0. The van der Waals surface area contributed by atoms with Crippen LogP contribution in [0.2, 0.25) is 0 Å². The Balaban J connectivity index is 1.52. The molecule has 0 aromatic carbocycles. The second-order valence-electron chi connectivity index (χ2n) is 7.69. The molecule has 0 aliphatic carbocycles. The molecule has 3 rings (SSSR count). The van der Waals surface area contributed by atoms with Gasteiger partial charge in [-0.15, -0.1) is 0 Å². The van der Waals surface area contributed by atoms with Crippen molar-refractivity contribution < 1.29 is 0 Å². The van der Waals surface area contributed by atoms with Crippen LogP contribution in [0.5, 0.6) is 0 Å². The van der Waals surface area contributed by atoms with Gasteiger partial charge in [-0.05, 0) is 72.0 Å². The number of piperidine rings is 3. The zero-order chi connectivity index (χ0) is 14.1. The van der Waals surface area contributed by atoms with Crippen molar-refractivity contribution in [3.05, 3.63) is 0 Å². The van der Waals surface area contributed by atoms with Gasteiger partial charge in [-0.25, -0.2) is 0 Å². The van der Waals surface area contributed by atoms with E-state index in [-0.39, 0.29) is 0 Å². The second-order valence-corrected chi connectivity index (χ2v) is 7.69. The molecular formula is C17H33N3. The summed E-state index contributed by atoms with van der Waals surface area (Å²) in [5, 5.41) is 4.00. The highest BCUT2D eigenvalue weighted by molar-refractivity contribution is 4.95. The minimum absolute atomic E-state index is 0.687. The maximum absolute atomic E-state index is 4.00. The fourth-order valence-corrected chi connectivity index (χ4v) is 4.87. The Morgan fingerprint density at radius 1 is 1.00 bits per heavy atom. The van der Waals surface area contributed by atoms with Crippen LogP contribution in [0.25, 0.3) is 0 Å². The van der Waals surface area contributed by atoms with Crippen LogP contribution in [0.1, 0.15) is 51.9 Å². The van der Waals surface area contributed by atoms with Crippen LogP contribution in [-0.4, -0.2) is 61.2 Å². The Labute approximate surface area is 125 Å². The maximum Gasteiger partial charge on any atom is 0.0110 e. The normalized spacial score (nSPS) is 41.5. The third kappa shape index (κ3) is 3.20. The van der Waals surface area contributed by atoms with E-state index in [1.54, 1.807) is 0 Å². The maximum atomic E-state index is 4.00. The average molecular weight is 279 g/mol. The quantitative estimate of drug-likeness (QED) is 0.855. The SMILES string of the molecule is CC(NC1CC2CCCC(C1)N2C)C1CCCN(C)C1. The van der Waals surface area contributed by atoms with E-state index < -0.39 is 0 Å². The first kappa shape index (κ1) is 14.8. The molecule has 3 saturated heterocycles. The largest absolute Gasteiger partial charge is 0.311 e. The van der Waals surface area contributed by atoms with E-state index in [2.05, 4.69) is 36.1 Å². The summed E-state index contributed by atoms with van der Waals surface area (Å²) in [7, 11) is 4.63. The van der Waals surface area contributed by atoms with Gasteiger partial charge in [0.05, 0.1) is 0 Å². The van der Waals surface area contributed by atoms with Gasteiger partial charge in [0.25, 0.3) is 0 Å². The van der Waals surface area contributed by atoms with Gasteiger partial charge in [-0.3, -0.25) is 0 Å². The molecule has 3 aliphatic heterocycles. The van der Waals surface area contributed by atoms with Gasteiger partial charge in [0.15, 0.2) is 0 Å².